The van der Waals surface area contributed by atoms with Gasteiger partial charge in [-0.05, 0) is 41.1 Å². The lowest BCUT2D eigenvalue weighted by molar-refractivity contribution is -0.143. The molecule has 0 spiro atoms. The van der Waals surface area contributed by atoms with Crippen molar-refractivity contribution in [2.75, 3.05) is 31.6 Å². The molecule has 2 unspecified atom stereocenters. The van der Waals surface area contributed by atoms with E-state index >= 15 is 0 Å². The van der Waals surface area contributed by atoms with Crippen LogP contribution >= 0.6 is 27.5 Å². The number of ether oxygens (including phenoxy) is 1. The first kappa shape index (κ1) is 28.1. The monoisotopic (exact) mass is 598 g/mol. The minimum Gasteiger partial charge on any atom is -0.506 e. The number of aliphatic imine (C=N–C) groups is 1. The number of phenols is 1. The number of esters is 1. The summed E-state index contributed by atoms with van der Waals surface area (Å²) in [5.74, 6) is -1.64. The fourth-order valence-corrected chi connectivity index (χ4v) is 4.19. The number of nitrogens with one attached hydrogen (secondary N) is 4. The fourth-order valence-electron chi connectivity index (χ4n) is 3.36. The van der Waals surface area contributed by atoms with Gasteiger partial charge in [-0.15, -0.1) is 0 Å². The van der Waals surface area contributed by atoms with Crippen molar-refractivity contribution < 1.29 is 28.6 Å². The predicted octanol–water partition coefficient (Wildman–Crippen LogP) is 2.45. The highest BCUT2D eigenvalue weighted by atomic mass is 79.9. The zero-order valence-electron chi connectivity index (χ0n) is 19.7. The minimum absolute atomic E-state index is 0.0269. The smallest absolute Gasteiger partial charge is 0.308 e. The van der Waals surface area contributed by atoms with Gasteiger partial charge in [-0.25, -0.2) is 9.38 Å². The topological polar surface area (TPSA) is 154 Å². The van der Waals surface area contributed by atoms with Gasteiger partial charge in [-0.1, -0.05) is 11.6 Å². The molecule has 0 saturated heterocycles. The molecule has 2 amide bonds. The number of carbonyl (C=O) groups excluding carboxylic acids is 3. The Morgan fingerprint density at radius 3 is 2.81 bits per heavy atom. The number of hydrogen-bond donors (Lipinski definition) is 5. The Balaban J connectivity index is 1.64. The molecule has 198 valence electrons. The molecule has 0 bridgehead atoms. The molecular weight excluding hydrogens is 575 g/mol. The molecule has 3 rings (SSSR count). The highest BCUT2D eigenvalue weighted by Gasteiger charge is 2.24. The molecule has 2 atom stereocenters. The largest absolute Gasteiger partial charge is 0.506 e. The number of alkyl halides is 1. The molecule has 5 N–H and O–H groups in total. The molecular formula is C23H25BrClFN6O5. The first-order valence-electron chi connectivity index (χ1n) is 11.2. The Kier molecular flexibility index (Phi) is 10.0. The van der Waals surface area contributed by atoms with Crippen LogP contribution in [0.25, 0.3) is 0 Å². The quantitative estimate of drug-likeness (QED) is 0.276. The third kappa shape index (κ3) is 8.29. The van der Waals surface area contributed by atoms with E-state index in [1.807, 2.05) is 0 Å². The number of anilines is 1. The highest BCUT2D eigenvalue weighted by Crippen LogP contribution is 2.36. The first-order chi connectivity index (χ1) is 17.7. The second-order valence-electron chi connectivity index (χ2n) is 7.89. The van der Waals surface area contributed by atoms with Crippen LogP contribution < -0.4 is 21.3 Å². The first-order valence-corrected chi connectivity index (χ1v) is 12.4. The molecule has 1 aliphatic heterocycles. The average molecular weight is 600 g/mol. The van der Waals surface area contributed by atoms with Gasteiger partial charge in [0.15, 0.2) is 5.96 Å². The van der Waals surface area contributed by atoms with E-state index in [4.69, 9.17) is 16.3 Å². The van der Waals surface area contributed by atoms with Gasteiger partial charge in [0, 0.05) is 16.8 Å². The van der Waals surface area contributed by atoms with Crippen LogP contribution in [0.2, 0.25) is 5.02 Å². The van der Waals surface area contributed by atoms with Gasteiger partial charge < -0.3 is 31.1 Å². The minimum atomic E-state index is -1.06. The summed E-state index contributed by atoms with van der Waals surface area (Å²) in [6.07, 6.45) is 1.45. The molecule has 1 aromatic heterocycles. The number of nitrogens with zero attached hydrogens (tertiary/aromatic N) is 2. The molecule has 2 aromatic rings. The summed E-state index contributed by atoms with van der Waals surface area (Å²) < 4.78 is 18.5. The van der Waals surface area contributed by atoms with E-state index in [1.54, 1.807) is 6.92 Å². The molecule has 11 nitrogen and oxygen atoms in total. The van der Waals surface area contributed by atoms with E-state index in [0.717, 1.165) is 0 Å². The Labute approximate surface area is 225 Å². The van der Waals surface area contributed by atoms with Gasteiger partial charge in [-0.2, -0.15) is 0 Å². The van der Waals surface area contributed by atoms with Crippen molar-refractivity contribution in [2.24, 2.45) is 4.99 Å². The number of carbonyl (C=O) groups is 3. The molecule has 0 radical (unpaired) electrons. The second kappa shape index (κ2) is 13.2. The van der Waals surface area contributed by atoms with Gasteiger partial charge in [-0.3, -0.25) is 19.4 Å². The van der Waals surface area contributed by atoms with Crippen molar-refractivity contribution in [2.45, 2.75) is 25.6 Å². The van der Waals surface area contributed by atoms with Crippen LogP contribution in [-0.2, 0) is 14.3 Å². The van der Waals surface area contributed by atoms with Crippen LogP contribution in [-0.4, -0.2) is 66.2 Å². The van der Waals surface area contributed by atoms with Crippen molar-refractivity contribution >= 4 is 57.0 Å². The number of aromatic nitrogens is 1. The summed E-state index contributed by atoms with van der Waals surface area (Å²) >= 11 is 9.27. The van der Waals surface area contributed by atoms with E-state index in [2.05, 4.69) is 47.2 Å². The number of halogens is 3. The van der Waals surface area contributed by atoms with Crippen molar-refractivity contribution in [3.8, 4) is 5.75 Å². The summed E-state index contributed by atoms with van der Waals surface area (Å²) in [5.41, 5.74) is 0.808. The predicted molar refractivity (Wildman–Crippen MR) is 138 cm³/mol. The summed E-state index contributed by atoms with van der Waals surface area (Å²) in [4.78, 5) is 45.4. The normalized spacial score (nSPS) is 15.6. The summed E-state index contributed by atoms with van der Waals surface area (Å²) in [7, 11) is 0. The SMILES string of the molecule is CCOC(=O)CC(NC(=O)CNC(=O)c1cncc(NC2=NCC(F)CN2)c1)c1cc(Cl)cc(Br)c1O. The fraction of sp³-hybridized carbons (Fsp3) is 0.348. The van der Waals surface area contributed by atoms with E-state index < -0.39 is 36.5 Å². The average Bonchev–Trinajstić information content (AvgIpc) is 2.86. The summed E-state index contributed by atoms with van der Waals surface area (Å²) in [5, 5.41) is 21.5. The van der Waals surface area contributed by atoms with Crippen molar-refractivity contribution in [1.82, 2.24) is 20.9 Å². The maximum absolute atomic E-state index is 13.2. The number of guanidine groups is 1. The van der Waals surface area contributed by atoms with E-state index in [9.17, 15) is 23.9 Å². The molecule has 37 heavy (non-hydrogen) atoms. The standard InChI is InChI=1S/C23H25BrClFN6O5/c1-2-37-20(34)6-18(16-4-13(25)5-17(24)21(16)35)32-19(33)11-28-22(36)12-3-15(10-27-7-12)31-23-29-8-14(26)9-30-23/h3-5,7,10,14,18,35H,2,6,8-9,11H2,1H3,(H,28,36)(H,32,33)(H2,29,30,31). The van der Waals surface area contributed by atoms with Gasteiger partial charge >= 0.3 is 5.97 Å². The molecule has 1 aliphatic rings. The van der Waals surface area contributed by atoms with Crippen LogP contribution in [0.15, 0.2) is 40.1 Å². The highest BCUT2D eigenvalue weighted by molar-refractivity contribution is 9.10. The maximum atomic E-state index is 13.2. The lowest BCUT2D eigenvalue weighted by Gasteiger charge is -2.20. The summed E-state index contributed by atoms with van der Waals surface area (Å²) in [6, 6.07) is 3.42. The number of hydrogen-bond acceptors (Lipinski definition) is 9. The van der Waals surface area contributed by atoms with Gasteiger partial charge in [0.25, 0.3) is 5.91 Å². The number of rotatable bonds is 9. The Bertz CT molecular complexity index is 1200. The van der Waals surface area contributed by atoms with Crippen molar-refractivity contribution in [3.05, 3.63) is 51.2 Å². The van der Waals surface area contributed by atoms with Crippen molar-refractivity contribution in [1.29, 1.82) is 0 Å². The number of phenolic OH excluding ortho intramolecular Hbond substituents is 1. The van der Waals surface area contributed by atoms with E-state index in [1.165, 1.54) is 30.6 Å². The van der Waals surface area contributed by atoms with Crippen LogP contribution in [0.5, 0.6) is 5.75 Å². The lowest BCUT2D eigenvalue weighted by atomic mass is 10.0. The van der Waals surface area contributed by atoms with Gasteiger partial charge in [0.1, 0.15) is 11.9 Å². The van der Waals surface area contributed by atoms with Crippen LogP contribution in [0.4, 0.5) is 10.1 Å². The molecule has 0 saturated carbocycles. The van der Waals surface area contributed by atoms with Crippen LogP contribution in [0, 0.1) is 0 Å². The molecule has 0 fully saturated rings. The lowest BCUT2D eigenvalue weighted by Crippen LogP contribution is -2.41. The third-order valence-electron chi connectivity index (χ3n) is 5.06. The number of pyridine rings is 1. The number of amides is 2. The Hall–Kier alpha value is -3.45. The molecule has 1 aromatic carbocycles. The van der Waals surface area contributed by atoms with E-state index in [-0.39, 0.29) is 52.5 Å². The number of aromatic hydroxyl groups is 1. The second-order valence-corrected chi connectivity index (χ2v) is 9.18. The molecule has 0 aliphatic carbocycles. The molecule has 14 heteroatoms. The Morgan fingerprint density at radius 2 is 2.11 bits per heavy atom. The van der Waals surface area contributed by atoms with Gasteiger partial charge in [0.2, 0.25) is 5.91 Å². The van der Waals surface area contributed by atoms with Gasteiger partial charge in [0.05, 0.1) is 60.6 Å². The number of benzene rings is 1. The maximum Gasteiger partial charge on any atom is 0.308 e. The zero-order chi connectivity index (χ0) is 26.9. The third-order valence-corrected chi connectivity index (χ3v) is 5.88. The van der Waals surface area contributed by atoms with E-state index in [0.29, 0.717) is 11.6 Å². The van der Waals surface area contributed by atoms with Crippen LogP contribution in [0.1, 0.15) is 35.3 Å². The zero-order valence-corrected chi connectivity index (χ0v) is 22.0. The summed E-state index contributed by atoms with van der Waals surface area (Å²) in [6.45, 7) is 1.51. The van der Waals surface area contributed by atoms with Crippen LogP contribution in [0.3, 0.4) is 0 Å². The Morgan fingerprint density at radius 1 is 1.32 bits per heavy atom. The molecule has 2 heterocycles. The van der Waals surface area contributed by atoms with Crippen molar-refractivity contribution in [3.63, 3.8) is 0 Å².